The maximum absolute atomic E-state index is 12.9. The van der Waals surface area contributed by atoms with Crippen molar-refractivity contribution in [3.8, 4) is 10.6 Å². The Morgan fingerprint density at radius 3 is 2.64 bits per heavy atom. The molecule has 1 saturated heterocycles. The fraction of sp³-hybridized carbons (Fsp3) is 0.316. The second-order valence-electron chi connectivity index (χ2n) is 6.35. The van der Waals surface area contributed by atoms with Crippen LogP contribution in [0.15, 0.2) is 47.8 Å². The zero-order valence-electron chi connectivity index (χ0n) is 13.8. The Balaban J connectivity index is 1.40. The highest BCUT2D eigenvalue weighted by molar-refractivity contribution is 7.14. The van der Waals surface area contributed by atoms with Crippen LogP contribution in [0.5, 0.6) is 0 Å². The van der Waals surface area contributed by atoms with Crippen LogP contribution in [0.2, 0.25) is 0 Å². The van der Waals surface area contributed by atoms with Gasteiger partial charge in [0.05, 0.1) is 4.88 Å². The molecule has 0 atom stereocenters. The predicted molar refractivity (Wildman–Crippen MR) is 102 cm³/mol. The van der Waals surface area contributed by atoms with Gasteiger partial charge in [-0.1, -0.05) is 40.9 Å². The van der Waals surface area contributed by atoms with E-state index < -0.39 is 0 Å². The average molecular weight is 370 g/mol. The van der Waals surface area contributed by atoms with Crippen molar-refractivity contribution in [2.24, 2.45) is 5.92 Å². The second-order valence-corrected chi connectivity index (χ2v) is 8.06. The number of nitrogens with zero attached hydrogens (tertiary/aromatic N) is 3. The lowest BCUT2D eigenvalue weighted by Crippen LogP contribution is -2.38. The first-order valence-corrected chi connectivity index (χ1v) is 10.2. The summed E-state index contributed by atoms with van der Waals surface area (Å²) in [6, 6.07) is 14.6. The fourth-order valence-electron chi connectivity index (χ4n) is 3.34. The van der Waals surface area contributed by atoms with E-state index in [-0.39, 0.29) is 5.91 Å². The highest BCUT2D eigenvalue weighted by Gasteiger charge is 2.27. The Morgan fingerprint density at radius 1 is 1.12 bits per heavy atom. The summed E-state index contributed by atoms with van der Waals surface area (Å²) < 4.78 is 4.02. The molecular formula is C19H19N3OS2. The molecule has 4 nitrogen and oxygen atoms in total. The van der Waals surface area contributed by atoms with Crippen LogP contribution >= 0.6 is 22.9 Å². The van der Waals surface area contributed by atoms with E-state index in [4.69, 9.17) is 0 Å². The molecule has 3 aromatic rings. The van der Waals surface area contributed by atoms with Gasteiger partial charge in [-0.2, -0.15) is 0 Å². The zero-order chi connectivity index (χ0) is 17.1. The van der Waals surface area contributed by atoms with Crippen molar-refractivity contribution in [2.45, 2.75) is 19.3 Å². The van der Waals surface area contributed by atoms with Gasteiger partial charge < -0.3 is 4.90 Å². The lowest BCUT2D eigenvalue weighted by atomic mass is 9.90. The minimum Gasteiger partial charge on any atom is -0.338 e. The van der Waals surface area contributed by atoms with Gasteiger partial charge in [0.25, 0.3) is 5.91 Å². The maximum Gasteiger partial charge on any atom is 0.267 e. The van der Waals surface area contributed by atoms with Crippen molar-refractivity contribution in [3.05, 3.63) is 58.3 Å². The first-order valence-electron chi connectivity index (χ1n) is 8.50. The molecule has 1 aliphatic rings. The third-order valence-corrected chi connectivity index (χ3v) is 6.30. The summed E-state index contributed by atoms with van der Waals surface area (Å²) in [5.74, 6) is 0.736. The summed E-state index contributed by atoms with van der Waals surface area (Å²) in [5, 5.41) is 6.17. The van der Waals surface area contributed by atoms with Crippen molar-refractivity contribution in [1.82, 2.24) is 14.5 Å². The minimum absolute atomic E-state index is 0.0801. The molecule has 6 heteroatoms. The number of carbonyl (C=O) groups is 1. The molecule has 0 radical (unpaired) electrons. The van der Waals surface area contributed by atoms with E-state index in [1.807, 2.05) is 22.4 Å². The maximum atomic E-state index is 12.9. The minimum atomic E-state index is 0.0801. The van der Waals surface area contributed by atoms with Crippen LogP contribution in [0.1, 0.15) is 28.1 Å². The van der Waals surface area contributed by atoms with E-state index in [0.717, 1.165) is 42.9 Å². The van der Waals surface area contributed by atoms with Crippen molar-refractivity contribution < 1.29 is 4.79 Å². The molecule has 0 unspecified atom stereocenters. The monoisotopic (exact) mass is 369 g/mol. The topological polar surface area (TPSA) is 46.1 Å². The number of aromatic nitrogens is 2. The number of rotatable bonds is 4. The molecule has 128 valence electrons. The lowest BCUT2D eigenvalue weighted by molar-refractivity contribution is 0.0696. The van der Waals surface area contributed by atoms with Gasteiger partial charge in [0.2, 0.25) is 0 Å². The second kappa shape index (κ2) is 7.45. The number of hydrogen-bond donors (Lipinski definition) is 0. The number of thiophene rings is 1. The van der Waals surface area contributed by atoms with Crippen molar-refractivity contribution in [1.29, 1.82) is 0 Å². The van der Waals surface area contributed by atoms with Crippen LogP contribution in [-0.2, 0) is 6.42 Å². The summed E-state index contributed by atoms with van der Waals surface area (Å²) in [4.78, 5) is 16.5. The molecule has 0 saturated carbocycles. The molecule has 0 bridgehead atoms. The summed E-state index contributed by atoms with van der Waals surface area (Å²) in [5.41, 5.74) is 2.12. The van der Waals surface area contributed by atoms with Crippen LogP contribution < -0.4 is 0 Å². The fourth-order valence-corrected chi connectivity index (χ4v) is 4.77. The zero-order valence-corrected chi connectivity index (χ0v) is 15.4. The Hall–Kier alpha value is -2.05. The molecule has 0 aliphatic carbocycles. The first kappa shape index (κ1) is 16.4. The van der Waals surface area contributed by atoms with E-state index in [1.54, 1.807) is 11.3 Å². The Labute approximate surface area is 155 Å². The average Bonchev–Trinajstić information content (AvgIpc) is 3.34. The normalized spacial score (nSPS) is 15.4. The number of benzene rings is 1. The molecule has 2 aromatic heterocycles. The molecule has 4 rings (SSSR count). The van der Waals surface area contributed by atoms with E-state index in [1.165, 1.54) is 17.1 Å². The molecule has 1 aliphatic heterocycles. The Kier molecular flexibility index (Phi) is 4.90. The van der Waals surface area contributed by atoms with E-state index in [2.05, 4.69) is 39.9 Å². The highest BCUT2D eigenvalue weighted by atomic mass is 32.1. The molecule has 0 spiro atoms. The largest absolute Gasteiger partial charge is 0.338 e. The molecule has 0 N–H and O–H groups in total. The molecule has 25 heavy (non-hydrogen) atoms. The van der Waals surface area contributed by atoms with Crippen LogP contribution in [0, 0.1) is 5.92 Å². The number of piperidine rings is 1. The SMILES string of the molecule is O=C(c1snnc1-c1cccs1)N1CCC(Cc2ccccc2)CC1. The number of likely N-dealkylation sites (tertiary alicyclic amines) is 1. The highest BCUT2D eigenvalue weighted by Crippen LogP contribution is 2.30. The quantitative estimate of drug-likeness (QED) is 0.686. The van der Waals surface area contributed by atoms with Crippen LogP contribution in [0.3, 0.4) is 0 Å². The summed E-state index contributed by atoms with van der Waals surface area (Å²) in [6.45, 7) is 1.64. The predicted octanol–water partition coefficient (Wildman–Crippen LogP) is 4.36. The molecule has 1 amide bonds. The van der Waals surface area contributed by atoms with E-state index in [9.17, 15) is 4.79 Å². The van der Waals surface area contributed by atoms with E-state index >= 15 is 0 Å². The van der Waals surface area contributed by atoms with Gasteiger partial charge in [-0.3, -0.25) is 4.79 Å². The third-order valence-electron chi connectivity index (χ3n) is 4.71. The van der Waals surface area contributed by atoms with Gasteiger partial charge in [0.1, 0.15) is 10.6 Å². The lowest BCUT2D eigenvalue weighted by Gasteiger charge is -2.31. The molecule has 3 heterocycles. The molecular weight excluding hydrogens is 350 g/mol. The molecule has 1 aromatic carbocycles. The summed E-state index contributed by atoms with van der Waals surface area (Å²) in [7, 11) is 0. The first-order chi connectivity index (χ1) is 12.3. The number of amides is 1. The van der Waals surface area contributed by atoms with Crippen LogP contribution in [-0.4, -0.2) is 33.5 Å². The molecule has 1 fully saturated rings. The van der Waals surface area contributed by atoms with Crippen molar-refractivity contribution in [2.75, 3.05) is 13.1 Å². The smallest absolute Gasteiger partial charge is 0.267 e. The van der Waals surface area contributed by atoms with Gasteiger partial charge >= 0.3 is 0 Å². The number of carbonyl (C=O) groups excluding carboxylic acids is 1. The summed E-state index contributed by atoms with van der Waals surface area (Å²) >= 11 is 2.80. The standard InChI is InChI=1S/C19H19N3OS2/c23-19(18-17(20-21-25-18)16-7-4-12-24-16)22-10-8-15(9-11-22)13-14-5-2-1-3-6-14/h1-7,12,15H,8-11,13H2. The van der Waals surface area contributed by atoms with Gasteiger partial charge in [-0.25, -0.2) is 0 Å². The third kappa shape index (κ3) is 3.65. The van der Waals surface area contributed by atoms with Crippen molar-refractivity contribution in [3.63, 3.8) is 0 Å². The summed E-state index contributed by atoms with van der Waals surface area (Å²) in [6.07, 6.45) is 3.22. The van der Waals surface area contributed by atoms with Crippen LogP contribution in [0.4, 0.5) is 0 Å². The van der Waals surface area contributed by atoms with Gasteiger partial charge in [0.15, 0.2) is 0 Å². The van der Waals surface area contributed by atoms with Gasteiger partial charge in [0, 0.05) is 13.1 Å². The van der Waals surface area contributed by atoms with Gasteiger partial charge in [-0.05, 0) is 53.7 Å². The number of hydrogen-bond acceptors (Lipinski definition) is 5. The van der Waals surface area contributed by atoms with Crippen LogP contribution in [0.25, 0.3) is 10.6 Å². The van der Waals surface area contributed by atoms with Crippen molar-refractivity contribution >= 4 is 28.8 Å². The van der Waals surface area contributed by atoms with Gasteiger partial charge in [-0.15, -0.1) is 16.4 Å². The van der Waals surface area contributed by atoms with E-state index in [0.29, 0.717) is 10.8 Å². The Bertz CT molecular complexity index is 821. The Morgan fingerprint density at radius 2 is 1.92 bits per heavy atom.